The Morgan fingerprint density at radius 1 is 1.00 bits per heavy atom. The molecule has 2 heterocycles. The number of aliphatic imine (C=N–C) groups is 1. The van der Waals surface area contributed by atoms with Gasteiger partial charge in [0.2, 0.25) is 5.90 Å². The molecule has 1 unspecified atom stereocenters. The monoisotopic (exact) mass is 481 g/mol. The van der Waals surface area contributed by atoms with Crippen LogP contribution in [0.2, 0.25) is 6.32 Å². The van der Waals surface area contributed by atoms with Crippen LogP contribution in [-0.4, -0.2) is 53.4 Å². The third kappa shape index (κ3) is 5.58. The molecule has 0 aliphatic carbocycles. The molecule has 7 heteroatoms. The van der Waals surface area contributed by atoms with E-state index < -0.39 is 17.4 Å². The topological polar surface area (TPSA) is 69.5 Å². The predicted octanol–water partition coefficient (Wildman–Crippen LogP) is 5.75. The largest absolute Gasteiger partial charge is 0.475 e. The van der Waals surface area contributed by atoms with Gasteiger partial charge in [-0.2, -0.15) is 0 Å². The van der Waals surface area contributed by atoms with Crippen LogP contribution in [0.1, 0.15) is 73.3 Å². The maximum Gasteiger partial charge on any atom is 0.457 e. The first-order chi connectivity index (χ1) is 16.3. The Hall–Kier alpha value is -1.93. The van der Waals surface area contributed by atoms with E-state index in [2.05, 4.69) is 45.9 Å². The van der Waals surface area contributed by atoms with Crippen molar-refractivity contribution >= 4 is 23.8 Å². The van der Waals surface area contributed by atoms with Crippen LogP contribution in [0, 0.1) is 0 Å². The van der Waals surface area contributed by atoms with Gasteiger partial charge in [-0.3, -0.25) is 0 Å². The summed E-state index contributed by atoms with van der Waals surface area (Å²) in [7, 11) is -0.221. The second-order valence-corrected chi connectivity index (χ2v) is 11.9. The van der Waals surface area contributed by atoms with E-state index in [9.17, 15) is 5.11 Å². The lowest BCUT2D eigenvalue weighted by Gasteiger charge is -2.34. The van der Waals surface area contributed by atoms with Gasteiger partial charge in [-0.1, -0.05) is 49.2 Å². The third-order valence-electron chi connectivity index (χ3n) is 7.33. The van der Waals surface area contributed by atoms with Crippen molar-refractivity contribution in [1.82, 2.24) is 0 Å². The van der Waals surface area contributed by atoms with Gasteiger partial charge in [0, 0.05) is 5.56 Å². The molecule has 2 aromatic carbocycles. The SMILES string of the molecule is CC(C)(C)OC(O)[C@@]1(CCCCB2OC(C)(C)C(C)(C)O2)COC(c2cccc3ccccc23)=N1. The zero-order valence-electron chi connectivity index (χ0n) is 22.3. The van der Waals surface area contributed by atoms with Crippen molar-refractivity contribution < 1.29 is 23.9 Å². The summed E-state index contributed by atoms with van der Waals surface area (Å²) < 4.78 is 24.4. The lowest BCUT2D eigenvalue weighted by molar-refractivity contribution is -0.201. The number of nitrogens with zero attached hydrogens (tertiary/aromatic N) is 1. The van der Waals surface area contributed by atoms with Gasteiger partial charge in [-0.05, 0) is 78.0 Å². The van der Waals surface area contributed by atoms with Gasteiger partial charge in [0.25, 0.3) is 0 Å². The van der Waals surface area contributed by atoms with Crippen molar-refractivity contribution in [3.8, 4) is 0 Å². The van der Waals surface area contributed by atoms with E-state index in [4.69, 9.17) is 23.8 Å². The Bertz CT molecular complexity index is 1060. The average molecular weight is 481 g/mol. The molecule has 2 aromatic rings. The van der Waals surface area contributed by atoms with Gasteiger partial charge in [-0.15, -0.1) is 0 Å². The highest BCUT2D eigenvalue weighted by Crippen LogP contribution is 2.39. The maximum absolute atomic E-state index is 11.2. The normalized spacial score (nSPS) is 24.5. The van der Waals surface area contributed by atoms with E-state index in [0.717, 1.165) is 35.5 Å². The molecule has 2 aliphatic rings. The maximum atomic E-state index is 11.2. The minimum absolute atomic E-state index is 0.221. The number of benzene rings is 2. The van der Waals surface area contributed by atoms with Crippen LogP contribution in [0.5, 0.6) is 0 Å². The zero-order valence-corrected chi connectivity index (χ0v) is 22.3. The van der Waals surface area contributed by atoms with E-state index in [0.29, 0.717) is 12.3 Å². The summed E-state index contributed by atoms with van der Waals surface area (Å²) in [5, 5.41) is 13.4. The molecule has 2 atom stereocenters. The van der Waals surface area contributed by atoms with Crippen molar-refractivity contribution in [2.24, 2.45) is 4.99 Å². The van der Waals surface area contributed by atoms with Crippen LogP contribution < -0.4 is 0 Å². The van der Waals surface area contributed by atoms with E-state index in [1.807, 2.05) is 45.0 Å². The first-order valence-corrected chi connectivity index (χ1v) is 12.7. The second-order valence-electron chi connectivity index (χ2n) is 11.9. The predicted molar refractivity (Wildman–Crippen MR) is 141 cm³/mol. The van der Waals surface area contributed by atoms with Crippen LogP contribution in [0.15, 0.2) is 47.5 Å². The van der Waals surface area contributed by atoms with Crippen molar-refractivity contribution in [3.63, 3.8) is 0 Å². The highest BCUT2D eigenvalue weighted by Gasteiger charge is 2.51. The standard InChI is InChI=1S/C28H40BNO5/c1-25(2,3)33-24(31)28(17-10-11-18-29-34-26(4,5)27(6,7)35-29)19-32-23(30-28)22-16-12-14-20-13-8-9-15-21(20)22/h8-9,12-16,24,31H,10-11,17-19H2,1-7H3/t24?,28-/m1/s1. The van der Waals surface area contributed by atoms with E-state index in [-0.39, 0.29) is 24.9 Å². The van der Waals surface area contributed by atoms with Crippen LogP contribution >= 0.6 is 0 Å². The average Bonchev–Trinajstić information content (AvgIpc) is 3.28. The molecule has 1 fully saturated rings. The summed E-state index contributed by atoms with van der Waals surface area (Å²) in [5.74, 6) is 0.560. The van der Waals surface area contributed by atoms with Gasteiger partial charge in [0.1, 0.15) is 12.1 Å². The van der Waals surface area contributed by atoms with Gasteiger partial charge in [-0.25, -0.2) is 4.99 Å². The fraction of sp³-hybridized carbons (Fsp3) is 0.607. The van der Waals surface area contributed by atoms with Crippen LogP contribution in [0.4, 0.5) is 0 Å². The van der Waals surface area contributed by atoms with Gasteiger partial charge >= 0.3 is 7.12 Å². The molecule has 0 spiro atoms. The molecule has 35 heavy (non-hydrogen) atoms. The molecule has 1 saturated heterocycles. The van der Waals surface area contributed by atoms with E-state index in [1.165, 1.54) is 0 Å². The Labute approximate surface area is 210 Å². The fourth-order valence-electron chi connectivity index (χ4n) is 4.66. The molecular formula is C28H40BNO5. The lowest BCUT2D eigenvalue weighted by atomic mass is 9.81. The van der Waals surface area contributed by atoms with Crippen LogP contribution in [0.25, 0.3) is 10.8 Å². The smallest absolute Gasteiger partial charge is 0.457 e. The highest BCUT2D eigenvalue weighted by molar-refractivity contribution is 6.45. The molecule has 6 nitrogen and oxygen atoms in total. The molecule has 190 valence electrons. The minimum atomic E-state index is -1.08. The quantitative estimate of drug-likeness (QED) is 0.295. The first-order valence-electron chi connectivity index (χ1n) is 12.7. The van der Waals surface area contributed by atoms with Crippen LogP contribution in [-0.2, 0) is 18.8 Å². The first kappa shape index (κ1) is 26.1. The van der Waals surface area contributed by atoms with Crippen molar-refractivity contribution in [2.45, 2.75) is 103 Å². The fourth-order valence-corrected chi connectivity index (χ4v) is 4.66. The van der Waals surface area contributed by atoms with Crippen molar-refractivity contribution in [3.05, 3.63) is 48.0 Å². The molecule has 0 amide bonds. The van der Waals surface area contributed by atoms with Crippen LogP contribution in [0.3, 0.4) is 0 Å². The number of unbranched alkanes of at least 4 members (excludes halogenated alkanes) is 1. The third-order valence-corrected chi connectivity index (χ3v) is 7.33. The molecule has 1 N–H and O–H groups in total. The number of hydrogen-bond donors (Lipinski definition) is 1. The number of hydrogen-bond acceptors (Lipinski definition) is 6. The Morgan fingerprint density at radius 3 is 2.34 bits per heavy atom. The Balaban J connectivity index is 1.51. The van der Waals surface area contributed by atoms with Crippen molar-refractivity contribution in [2.75, 3.05) is 6.61 Å². The molecule has 0 saturated carbocycles. The van der Waals surface area contributed by atoms with Crippen molar-refractivity contribution in [1.29, 1.82) is 0 Å². The number of ether oxygens (including phenoxy) is 2. The molecule has 0 radical (unpaired) electrons. The molecule has 0 bridgehead atoms. The Kier molecular flexibility index (Phi) is 7.10. The summed E-state index contributed by atoms with van der Waals surface area (Å²) in [5.41, 5.74) is -1.09. The number of aliphatic hydroxyl groups excluding tert-OH is 1. The molecule has 0 aromatic heterocycles. The zero-order chi connectivity index (χ0) is 25.5. The highest BCUT2D eigenvalue weighted by atomic mass is 16.7. The summed E-state index contributed by atoms with van der Waals surface area (Å²) in [6.07, 6.45) is 2.08. The summed E-state index contributed by atoms with van der Waals surface area (Å²) in [6.45, 7) is 14.4. The molecule has 4 rings (SSSR count). The molecule has 2 aliphatic heterocycles. The summed E-state index contributed by atoms with van der Waals surface area (Å²) in [4.78, 5) is 5.00. The second kappa shape index (κ2) is 9.51. The number of rotatable bonds is 8. The van der Waals surface area contributed by atoms with Gasteiger partial charge < -0.3 is 23.9 Å². The summed E-state index contributed by atoms with van der Waals surface area (Å²) >= 11 is 0. The van der Waals surface area contributed by atoms with Gasteiger partial charge in [0.15, 0.2) is 6.29 Å². The Morgan fingerprint density at radius 2 is 1.66 bits per heavy atom. The van der Waals surface area contributed by atoms with E-state index >= 15 is 0 Å². The summed E-state index contributed by atoms with van der Waals surface area (Å²) in [6, 6.07) is 14.3. The van der Waals surface area contributed by atoms with E-state index in [1.54, 1.807) is 0 Å². The van der Waals surface area contributed by atoms with Gasteiger partial charge in [0.05, 0.1) is 16.8 Å². The molecular weight excluding hydrogens is 441 g/mol. The number of fused-ring (bicyclic) bond motifs is 1. The number of aliphatic hydroxyl groups is 1. The minimum Gasteiger partial charge on any atom is -0.475 e. The lowest BCUT2D eigenvalue weighted by Crippen LogP contribution is -2.47.